The van der Waals surface area contributed by atoms with E-state index < -0.39 is 0 Å². The Morgan fingerprint density at radius 2 is 1.76 bits per heavy atom. The summed E-state index contributed by atoms with van der Waals surface area (Å²) in [6, 6.07) is 11.0. The van der Waals surface area contributed by atoms with Crippen LogP contribution in [0, 0.1) is 17.3 Å². The number of allylic oxidation sites excluding steroid dienone is 2. The minimum Gasteiger partial charge on any atom is -0.0633 e. The second-order valence-corrected chi connectivity index (χ2v) is 6.27. The number of hydrogen-bond acceptors (Lipinski definition) is 0. The Morgan fingerprint density at radius 1 is 1.06 bits per heavy atom. The van der Waals surface area contributed by atoms with Gasteiger partial charge in [-0.05, 0) is 48.2 Å². The van der Waals surface area contributed by atoms with Gasteiger partial charge in [0.05, 0.1) is 0 Å². The Balaban J connectivity index is 2.12. The molecule has 2 atom stereocenters. The summed E-state index contributed by atoms with van der Waals surface area (Å²) in [6.45, 7) is 7.25. The summed E-state index contributed by atoms with van der Waals surface area (Å²) in [7, 11) is 0. The van der Waals surface area contributed by atoms with Gasteiger partial charge in [-0.25, -0.2) is 0 Å². The molecule has 0 aromatic heterocycles. The monoisotopic (exact) mass is 226 g/mol. The lowest BCUT2D eigenvalue weighted by atomic mass is 9.76. The van der Waals surface area contributed by atoms with Gasteiger partial charge in [0.2, 0.25) is 0 Å². The smallest absolute Gasteiger partial charge is 0.0107 e. The minimum atomic E-state index is 0.409. The zero-order valence-corrected chi connectivity index (χ0v) is 11.2. The van der Waals surface area contributed by atoms with Crippen LogP contribution in [0.15, 0.2) is 35.9 Å². The number of fused-ring (bicyclic) bond motifs is 1. The van der Waals surface area contributed by atoms with Gasteiger partial charge >= 0.3 is 0 Å². The Bertz CT molecular complexity index is 450. The molecular weight excluding hydrogens is 204 g/mol. The molecule has 0 aliphatic heterocycles. The molecule has 0 saturated heterocycles. The van der Waals surface area contributed by atoms with Crippen LogP contribution in [0.4, 0.5) is 0 Å². The molecule has 1 fully saturated rings. The summed E-state index contributed by atoms with van der Waals surface area (Å²) in [5.41, 5.74) is 5.18. The van der Waals surface area contributed by atoms with Crippen molar-refractivity contribution in [2.75, 3.05) is 0 Å². The van der Waals surface area contributed by atoms with E-state index in [1.165, 1.54) is 24.8 Å². The molecule has 0 spiro atoms. The second-order valence-electron chi connectivity index (χ2n) is 6.27. The Hall–Kier alpha value is -1.04. The van der Waals surface area contributed by atoms with Crippen molar-refractivity contribution in [3.05, 3.63) is 41.5 Å². The van der Waals surface area contributed by atoms with Crippen molar-refractivity contribution in [3.63, 3.8) is 0 Å². The molecule has 0 heteroatoms. The molecule has 0 N–H and O–H groups in total. The van der Waals surface area contributed by atoms with Crippen molar-refractivity contribution in [1.82, 2.24) is 0 Å². The molecule has 1 aromatic carbocycles. The minimum absolute atomic E-state index is 0.409. The van der Waals surface area contributed by atoms with E-state index in [0.29, 0.717) is 5.41 Å². The van der Waals surface area contributed by atoms with Crippen molar-refractivity contribution >= 4 is 5.57 Å². The fourth-order valence-electron chi connectivity index (χ4n) is 4.12. The standard InChI is InChI=1S/C17H22/c1-12-16(13-8-5-4-6-9-13)14-10-7-11-15(14)17(12,2)3/h4-6,8-9,14-15H,7,10-11H2,1-3H3/t14-,15+/m0/s1. The van der Waals surface area contributed by atoms with Crippen LogP contribution >= 0.6 is 0 Å². The maximum absolute atomic E-state index is 2.45. The molecule has 0 radical (unpaired) electrons. The molecule has 0 nitrogen and oxygen atoms in total. The van der Waals surface area contributed by atoms with Crippen LogP contribution in [0.2, 0.25) is 0 Å². The lowest BCUT2D eigenvalue weighted by Crippen LogP contribution is -2.21. The van der Waals surface area contributed by atoms with Gasteiger partial charge in [0, 0.05) is 0 Å². The quantitative estimate of drug-likeness (QED) is 0.638. The number of hydrogen-bond donors (Lipinski definition) is 0. The summed E-state index contributed by atoms with van der Waals surface area (Å²) >= 11 is 0. The maximum atomic E-state index is 2.45. The fraction of sp³-hybridized carbons (Fsp3) is 0.529. The molecule has 0 bridgehead atoms. The third-order valence-corrected chi connectivity index (χ3v) is 5.27. The molecule has 0 amide bonds. The van der Waals surface area contributed by atoms with E-state index >= 15 is 0 Å². The SMILES string of the molecule is CC1=C(c2ccccc2)[C@H]2CCC[C@H]2C1(C)C. The normalized spacial score (nSPS) is 30.8. The lowest BCUT2D eigenvalue weighted by Gasteiger charge is -2.28. The van der Waals surface area contributed by atoms with E-state index in [1.807, 2.05) is 0 Å². The Morgan fingerprint density at radius 3 is 2.47 bits per heavy atom. The van der Waals surface area contributed by atoms with Crippen molar-refractivity contribution in [3.8, 4) is 0 Å². The average molecular weight is 226 g/mol. The first-order valence-electron chi connectivity index (χ1n) is 6.89. The van der Waals surface area contributed by atoms with Crippen LogP contribution < -0.4 is 0 Å². The van der Waals surface area contributed by atoms with Gasteiger partial charge in [-0.2, -0.15) is 0 Å². The van der Waals surface area contributed by atoms with Gasteiger partial charge in [-0.3, -0.25) is 0 Å². The largest absolute Gasteiger partial charge is 0.0633 e. The molecule has 2 aliphatic carbocycles. The average Bonchev–Trinajstić information content (AvgIpc) is 2.86. The van der Waals surface area contributed by atoms with E-state index in [9.17, 15) is 0 Å². The summed E-state index contributed by atoms with van der Waals surface area (Å²) < 4.78 is 0. The van der Waals surface area contributed by atoms with Crippen molar-refractivity contribution < 1.29 is 0 Å². The highest BCUT2D eigenvalue weighted by atomic mass is 14.5. The molecule has 2 aliphatic rings. The highest BCUT2D eigenvalue weighted by molar-refractivity contribution is 5.74. The zero-order chi connectivity index (χ0) is 12.0. The first-order valence-corrected chi connectivity index (χ1v) is 6.89. The number of rotatable bonds is 1. The van der Waals surface area contributed by atoms with Gasteiger partial charge in [0.25, 0.3) is 0 Å². The van der Waals surface area contributed by atoms with Crippen molar-refractivity contribution in [2.24, 2.45) is 17.3 Å². The van der Waals surface area contributed by atoms with Crippen LogP contribution in [-0.4, -0.2) is 0 Å². The summed E-state index contributed by atoms with van der Waals surface area (Å²) in [5, 5.41) is 0. The van der Waals surface area contributed by atoms with E-state index in [-0.39, 0.29) is 0 Å². The van der Waals surface area contributed by atoms with Gasteiger partial charge < -0.3 is 0 Å². The van der Waals surface area contributed by atoms with Gasteiger partial charge in [0.15, 0.2) is 0 Å². The van der Waals surface area contributed by atoms with Crippen LogP contribution in [0.1, 0.15) is 45.6 Å². The van der Waals surface area contributed by atoms with E-state index in [4.69, 9.17) is 0 Å². The molecule has 1 saturated carbocycles. The topological polar surface area (TPSA) is 0 Å². The molecule has 3 rings (SSSR count). The maximum Gasteiger partial charge on any atom is -0.0107 e. The van der Waals surface area contributed by atoms with Gasteiger partial charge in [0.1, 0.15) is 0 Å². The fourth-order valence-corrected chi connectivity index (χ4v) is 4.12. The third kappa shape index (κ3) is 1.50. The van der Waals surface area contributed by atoms with Crippen molar-refractivity contribution in [1.29, 1.82) is 0 Å². The van der Waals surface area contributed by atoms with E-state index in [0.717, 1.165) is 11.8 Å². The molecule has 17 heavy (non-hydrogen) atoms. The van der Waals surface area contributed by atoms with Crippen LogP contribution in [0.5, 0.6) is 0 Å². The molecule has 0 heterocycles. The number of benzene rings is 1. The third-order valence-electron chi connectivity index (χ3n) is 5.27. The molecule has 1 aromatic rings. The highest BCUT2D eigenvalue weighted by Gasteiger charge is 2.48. The Kier molecular flexibility index (Phi) is 2.43. The predicted molar refractivity (Wildman–Crippen MR) is 73.6 cm³/mol. The van der Waals surface area contributed by atoms with Crippen LogP contribution in [-0.2, 0) is 0 Å². The first kappa shape index (κ1) is 11.1. The van der Waals surface area contributed by atoms with Crippen LogP contribution in [0.25, 0.3) is 5.57 Å². The molecule has 90 valence electrons. The predicted octanol–water partition coefficient (Wildman–Crippen LogP) is 4.92. The summed E-state index contributed by atoms with van der Waals surface area (Å²) in [4.78, 5) is 0. The first-order chi connectivity index (χ1) is 8.12. The van der Waals surface area contributed by atoms with Crippen molar-refractivity contribution in [2.45, 2.75) is 40.0 Å². The molecular formula is C17H22. The van der Waals surface area contributed by atoms with Gasteiger partial charge in [-0.1, -0.05) is 56.2 Å². The van der Waals surface area contributed by atoms with Crippen LogP contribution in [0.3, 0.4) is 0 Å². The molecule has 0 unspecified atom stereocenters. The highest BCUT2D eigenvalue weighted by Crippen LogP contribution is 2.59. The van der Waals surface area contributed by atoms with Gasteiger partial charge in [-0.15, -0.1) is 0 Å². The lowest BCUT2D eigenvalue weighted by molar-refractivity contribution is 0.265. The summed E-state index contributed by atoms with van der Waals surface area (Å²) in [6.07, 6.45) is 4.24. The Labute approximate surface area is 105 Å². The van der Waals surface area contributed by atoms with E-state index in [1.54, 1.807) is 11.1 Å². The summed E-state index contributed by atoms with van der Waals surface area (Å²) in [5.74, 6) is 1.71. The second kappa shape index (κ2) is 3.73. The zero-order valence-electron chi connectivity index (χ0n) is 11.2. The van der Waals surface area contributed by atoms with E-state index in [2.05, 4.69) is 51.1 Å².